The molecule has 1 aliphatic rings. The van der Waals surface area contributed by atoms with Crippen LogP contribution in [0.2, 0.25) is 0 Å². The van der Waals surface area contributed by atoms with E-state index in [4.69, 9.17) is 5.41 Å². The topological polar surface area (TPSA) is 56.2 Å². The lowest BCUT2D eigenvalue weighted by Crippen LogP contribution is -2.59. The van der Waals surface area contributed by atoms with E-state index >= 15 is 0 Å². The Balaban J connectivity index is 2.43. The summed E-state index contributed by atoms with van der Waals surface area (Å²) in [6.07, 6.45) is 1.13. The summed E-state index contributed by atoms with van der Waals surface area (Å²) in [5.41, 5.74) is 0.565. The number of nitrogens with zero attached hydrogens (tertiary/aromatic N) is 1. The monoisotopic (exact) mass is 309 g/mol. The van der Waals surface area contributed by atoms with Gasteiger partial charge in [0.15, 0.2) is 5.96 Å². The molecule has 1 aliphatic heterocycles. The highest BCUT2D eigenvalue weighted by Crippen LogP contribution is 2.33. The molecule has 96 valence electrons. The average molecular weight is 310 g/mol. The van der Waals surface area contributed by atoms with Crippen LogP contribution in [0.4, 0.5) is 0 Å². The number of carbonyl (C=O) groups is 1. The van der Waals surface area contributed by atoms with Crippen molar-refractivity contribution in [3.05, 3.63) is 34.3 Å². The minimum atomic E-state index is -0.468. The van der Waals surface area contributed by atoms with Gasteiger partial charge in [-0.1, -0.05) is 35.0 Å². The van der Waals surface area contributed by atoms with Crippen LogP contribution in [0.25, 0.3) is 0 Å². The van der Waals surface area contributed by atoms with Crippen LogP contribution in [0.5, 0.6) is 0 Å². The molecule has 0 saturated carbocycles. The third-order valence-electron chi connectivity index (χ3n) is 3.50. The molecule has 1 saturated heterocycles. The van der Waals surface area contributed by atoms with E-state index in [2.05, 4.69) is 21.2 Å². The van der Waals surface area contributed by atoms with Crippen LogP contribution in [0.15, 0.2) is 28.7 Å². The molecular weight excluding hydrogens is 294 g/mol. The molecule has 1 heterocycles. The first kappa shape index (κ1) is 13.1. The van der Waals surface area contributed by atoms with Crippen LogP contribution in [0.3, 0.4) is 0 Å². The van der Waals surface area contributed by atoms with Crippen LogP contribution in [0.1, 0.15) is 25.3 Å². The van der Waals surface area contributed by atoms with Crippen molar-refractivity contribution in [2.45, 2.75) is 25.3 Å². The number of guanidine groups is 1. The Morgan fingerprint density at radius 2 is 2.28 bits per heavy atom. The Morgan fingerprint density at radius 3 is 2.83 bits per heavy atom. The van der Waals surface area contributed by atoms with Crippen molar-refractivity contribution in [2.24, 2.45) is 0 Å². The Labute approximate surface area is 115 Å². The lowest BCUT2D eigenvalue weighted by molar-refractivity contribution is -0.129. The molecular formula is C13H16BrN3O. The number of hydrogen-bond acceptors (Lipinski definition) is 2. The van der Waals surface area contributed by atoms with E-state index in [1.54, 1.807) is 7.05 Å². The normalized spacial score (nSPS) is 24.1. The quantitative estimate of drug-likeness (QED) is 0.881. The summed E-state index contributed by atoms with van der Waals surface area (Å²) in [6, 6.07) is 7.90. The summed E-state index contributed by atoms with van der Waals surface area (Å²) in [5.74, 6) is 0.133. The van der Waals surface area contributed by atoms with Crippen LogP contribution in [-0.4, -0.2) is 23.8 Å². The summed E-state index contributed by atoms with van der Waals surface area (Å²) in [7, 11) is 1.62. The van der Waals surface area contributed by atoms with E-state index < -0.39 is 5.54 Å². The Morgan fingerprint density at radius 1 is 1.56 bits per heavy atom. The first-order valence-electron chi connectivity index (χ1n) is 5.88. The molecule has 0 bridgehead atoms. The Kier molecular flexibility index (Phi) is 3.43. The van der Waals surface area contributed by atoms with Crippen LogP contribution in [0, 0.1) is 5.41 Å². The molecule has 0 radical (unpaired) electrons. The lowest BCUT2D eigenvalue weighted by Gasteiger charge is -2.41. The third-order valence-corrected chi connectivity index (χ3v) is 3.99. The summed E-state index contributed by atoms with van der Waals surface area (Å²) in [5, 5.41) is 11.0. The Hall–Kier alpha value is -1.36. The van der Waals surface area contributed by atoms with Crippen molar-refractivity contribution in [2.75, 3.05) is 7.05 Å². The number of benzene rings is 1. The number of hydrogen-bond donors (Lipinski definition) is 2. The average Bonchev–Trinajstić information content (AvgIpc) is 2.35. The molecule has 0 spiro atoms. The van der Waals surface area contributed by atoms with E-state index in [9.17, 15) is 4.79 Å². The fourth-order valence-corrected chi connectivity index (χ4v) is 2.63. The van der Waals surface area contributed by atoms with Gasteiger partial charge in [0.25, 0.3) is 0 Å². The van der Waals surface area contributed by atoms with Gasteiger partial charge in [-0.3, -0.25) is 15.1 Å². The largest absolute Gasteiger partial charge is 0.346 e. The second kappa shape index (κ2) is 4.72. The third kappa shape index (κ3) is 2.14. The van der Waals surface area contributed by atoms with Gasteiger partial charge in [0.05, 0.1) is 12.0 Å². The van der Waals surface area contributed by atoms with Gasteiger partial charge < -0.3 is 5.32 Å². The predicted octanol–water partition coefficient (Wildman–Crippen LogP) is 2.44. The van der Waals surface area contributed by atoms with E-state index in [0.29, 0.717) is 6.42 Å². The number of rotatable bonds is 2. The molecule has 2 rings (SSSR count). The molecule has 1 atom stereocenters. The zero-order valence-corrected chi connectivity index (χ0v) is 12.0. The summed E-state index contributed by atoms with van der Waals surface area (Å²) in [6.45, 7) is 2.03. The predicted molar refractivity (Wildman–Crippen MR) is 74.4 cm³/mol. The smallest absolute Gasteiger partial charge is 0.231 e. The molecule has 1 aromatic rings. The zero-order valence-electron chi connectivity index (χ0n) is 10.5. The lowest BCUT2D eigenvalue weighted by atomic mass is 9.82. The van der Waals surface area contributed by atoms with Gasteiger partial charge in [-0.05, 0) is 24.1 Å². The van der Waals surface area contributed by atoms with Gasteiger partial charge in [-0.25, -0.2) is 0 Å². The van der Waals surface area contributed by atoms with Crippen LogP contribution < -0.4 is 5.32 Å². The van der Waals surface area contributed by atoms with Gasteiger partial charge in [0.1, 0.15) is 0 Å². The molecule has 1 amide bonds. The first-order valence-corrected chi connectivity index (χ1v) is 6.67. The van der Waals surface area contributed by atoms with Gasteiger partial charge in [-0.2, -0.15) is 0 Å². The highest BCUT2D eigenvalue weighted by atomic mass is 79.9. The standard InChI is InChI=1S/C13H16BrN3O/c1-3-13(9-5-4-6-10(14)7-9)8-11(18)17(2)12(15)16-13/h4-7H,3,8H2,1-2H3,(H2,15,16)/t13-/m0/s1. The highest BCUT2D eigenvalue weighted by molar-refractivity contribution is 9.10. The van der Waals surface area contributed by atoms with E-state index in [1.165, 1.54) is 4.90 Å². The maximum atomic E-state index is 12.0. The molecule has 2 N–H and O–H groups in total. The Bertz CT molecular complexity index is 483. The van der Waals surface area contributed by atoms with Gasteiger partial charge in [0, 0.05) is 11.5 Å². The number of nitrogens with one attached hydrogen (secondary N) is 2. The van der Waals surface area contributed by atoms with Gasteiger partial charge >= 0.3 is 0 Å². The SMILES string of the molecule is CC[C@@]1(c2cccc(Br)c2)CC(=O)N(C)C(=N)N1. The fraction of sp³-hybridized carbons (Fsp3) is 0.385. The van der Waals surface area contributed by atoms with Crippen LogP contribution in [-0.2, 0) is 10.3 Å². The number of carbonyl (C=O) groups excluding carboxylic acids is 1. The first-order chi connectivity index (χ1) is 8.48. The van der Waals surface area contributed by atoms with Gasteiger partial charge in [0.2, 0.25) is 5.91 Å². The molecule has 5 heteroatoms. The molecule has 0 unspecified atom stereocenters. The molecule has 1 aromatic carbocycles. The van der Waals surface area contributed by atoms with Crippen LogP contribution >= 0.6 is 15.9 Å². The zero-order chi connectivity index (χ0) is 13.3. The number of halogens is 1. The minimum absolute atomic E-state index is 0.0272. The van der Waals surface area contributed by atoms with E-state index in [-0.39, 0.29) is 11.9 Å². The summed E-state index contributed by atoms with van der Waals surface area (Å²) in [4.78, 5) is 13.3. The molecule has 0 aliphatic carbocycles. The second-order valence-corrected chi connectivity index (χ2v) is 5.46. The molecule has 18 heavy (non-hydrogen) atoms. The van der Waals surface area contributed by atoms with E-state index in [1.807, 2.05) is 31.2 Å². The molecule has 0 aromatic heterocycles. The molecule has 4 nitrogen and oxygen atoms in total. The van der Waals surface area contributed by atoms with Gasteiger partial charge in [-0.15, -0.1) is 0 Å². The van der Waals surface area contributed by atoms with Crippen molar-refractivity contribution in [3.8, 4) is 0 Å². The van der Waals surface area contributed by atoms with Crippen molar-refractivity contribution in [1.29, 1.82) is 5.41 Å². The highest BCUT2D eigenvalue weighted by Gasteiger charge is 2.40. The summed E-state index contributed by atoms with van der Waals surface area (Å²) >= 11 is 3.45. The van der Waals surface area contributed by atoms with Crippen molar-refractivity contribution in [1.82, 2.24) is 10.2 Å². The van der Waals surface area contributed by atoms with E-state index in [0.717, 1.165) is 16.5 Å². The second-order valence-electron chi connectivity index (χ2n) is 4.55. The van der Waals surface area contributed by atoms with Crippen molar-refractivity contribution < 1.29 is 4.79 Å². The fourth-order valence-electron chi connectivity index (χ4n) is 2.23. The summed E-state index contributed by atoms with van der Waals surface area (Å²) < 4.78 is 0.979. The maximum absolute atomic E-state index is 12.0. The maximum Gasteiger partial charge on any atom is 0.231 e. The molecule has 1 fully saturated rings. The number of amides is 1. The minimum Gasteiger partial charge on any atom is -0.346 e. The van der Waals surface area contributed by atoms with Crippen molar-refractivity contribution in [3.63, 3.8) is 0 Å². The van der Waals surface area contributed by atoms with Crippen molar-refractivity contribution >= 4 is 27.8 Å².